The third-order valence-electron chi connectivity index (χ3n) is 2.72. The molecule has 0 N–H and O–H groups in total. The van der Waals surface area contributed by atoms with Gasteiger partial charge >= 0.3 is 59.2 Å². The minimum atomic E-state index is 0.220. The van der Waals surface area contributed by atoms with Gasteiger partial charge in [-0.25, -0.2) is 0 Å². The third-order valence-corrected chi connectivity index (χ3v) is 4.04. The first-order valence-electron chi connectivity index (χ1n) is 6.43. The van der Waals surface area contributed by atoms with Gasteiger partial charge < -0.3 is 4.74 Å². The van der Waals surface area contributed by atoms with Gasteiger partial charge in [0.2, 0.25) is 0 Å². The summed E-state index contributed by atoms with van der Waals surface area (Å²) in [5.74, 6) is 0.877. The molecule has 1 aliphatic heterocycles. The molecule has 107 valence electrons. The molecule has 0 bridgehead atoms. The molecule has 0 unspecified atom stereocenters. The Labute approximate surface area is 126 Å². The molecular weight excluding hydrogens is 325 g/mol. The van der Waals surface area contributed by atoms with Crippen LogP contribution in [0.15, 0.2) is 24.3 Å². The fraction of sp³-hybridized carbons (Fsp3) is 0.467. The Morgan fingerprint density at radius 3 is 2.05 bits per heavy atom. The molecule has 0 amide bonds. The second-order valence-electron chi connectivity index (χ2n) is 4.88. The monoisotopic (exact) mass is 349 g/mol. The van der Waals surface area contributed by atoms with Crippen LogP contribution in [-0.4, -0.2) is 47.4 Å². The van der Waals surface area contributed by atoms with Crippen LogP contribution in [0.25, 0.3) is 0 Å². The van der Waals surface area contributed by atoms with Crippen LogP contribution in [0, 0.1) is 6.92 Å². The summed E-state index contributed by atoms with van der Waals surface area (Å²) < 4.78 is 6.79. The second-order valence-corrected chi connectivity index (χ2v) is 5.65. The van der Waals surface area contributed by atoms with Crippen molar-refractivity contribution >= 4 is 4.35 Å². The maximum atomic E-state index is 5.48. The Hall–Kier alpha value is -0.697. The molecule has 0 saturated carbocycles. The van der Waals surface area contributed by atoms with Gasteiger partial charge in [0.25, 0.3) is 0 Å². The van der Waals surface area contributed by atoms with Crippen molar-refractivity contribution in [2.45, 2.75) is 20.0 Å². The van der Waals surface area contributed by atoms with Crippen LogP contribution >= 0.6 is 0 Å². The summed E-state index contributed by atoms with van der Waals surface area (Å²) in [6, 6.07) is 7.78. The molecule has 19 heavy (non-hydrogen) atoms. The normalized spacial score (nSPS) is 16.4. The van der Waals surface area contributed by atoms with Crippen molar-refractivity contribution in [1.82, 2.24) is 9.80 Å². The average molecular weight is 348 g/mol. The van der Waals surface area contributed by atoms with Gasteiger partial charge in [-0.15, -0.1) is 6.07 Å². The number of nitrogens with zero attached hydrogens (tertiary/aromatic N) is 2. The van der Waals surface area contributed by atoms with Crippen molar-refractivity contribution in [1.29, 1.82) is 0 Å². The molecule has 0 atom stereocenters. The second kappa shape index (κ2) is 7.79. The quantitative estimate of drug-likeness (QED) is 0.602. The van der Waals surface area contributed by atoms with Gasteiger partial charge in [0, 0.05) is 5.75 Å². The molecular formula is C15H23N2ORu. The molecule has 1 aliphatic rings. The number of hydrogen-bond donors (Lipinski definition) is 0. The Morgan fingerprint density at radius 1 is 1.16 bits per heavy atom. The van der Waals surface area contributed by atoms with E-state index in [9.17, 15) is 0 Å². The molecule has 1 aromatic carbocycles. The van der Waals surface area contributed by atoms with Gasteiger partial charge in [-0.3, -0.25) is 0 Å². The van der Waals surface area contributed by atoms with E-state index in [1.165, 1.54) is 17.4 Å². The maximum absolute atomic E-state index is 5.48. The smallest absolute Gasteiger partial charge is 0.0767 e. The molecule has 0 spiro atoms. The van der Waals surface area contributed by atoms with E-state index < -0.39 is 0 Å². The van der Waals surface area contributed by atoms with E-state index >= 15 is 0 Å². The van der Waals surface area contributed by atoms with Gasteiger partial charge in [0.05, 0.1) is 6.10 Å². The van der Waals surface area contributed by atoms with Crippen molar-refractivity contribution in [3.8, 4) is 5.75 Å². The number of rotatable bonds is 2. The average Bonchev–Trinajstić information content (AvgIpc) is 2.64. The first-order chi connectivity index (χ1) is 8.91. The van der Waals surface area contributed by atoms with E-state index in [1.54, 1.807) is 0 Å². The Kier molecular flexibility index (Phi) is 6.70. The Balaban J connectivity index is 0.000000200. The fourth-order valence-electron chi connectivity index (χ4n) is 1.64. The molecule has 3 nitrogen and oxygen atoms in total. The number of ether oxygens (including phenoxy) is 1. The van der Waals surface area contributed by atoms with Gasteiger partial charge in [-0.05, 0) is 13.8 Å². The molecule has 1 heterocycles. The van der Waals surface area contributed by atoms with Crippen molar-refractivity contribution in [2.75, 3.05) is 27.2 Å². The molecule has 0 radical (unpaired) electrons. The third kappa shape index (κ3) is 5.44. The molecule has 2 rings (SSSR count). The van der Waals surface area contributed by atoms with E-state index in [1.807, 2.05) is 38.1 Å². The van der Waals surface area contributed by atoms with Gasteiger partial charge in [-0.1, -0.05) is 12.1 Å². The number of benzene rings is 1. The largest absolute Gasteiger partial charge is 0.548 e. The zero-order valence-electron chi connectivity index (χ0n) is 12.2. The van der Waals surface area contributed by atoms with Crippen molar-refractivity contribution in [3.05, 3.63) is 36.8 Å². The molecule has 4 heteroatoms. The Bertz CT molecular complexity index is 408. The first-order valence-corrected chi connectivity index (χ1v) is 7.30. The van der Waals surface area contributed by atoms with Crippen LogP contribution in [0.1, 0.15) is 19.4 Å². The van der Waals surface area contributed by atoms with Crippen LogP contribution in [-0.2, 0) is 17.9 Å². The van der Waals surface area contributed by atoms with Crippen LogP contribution in [0.3, 0.4) is 0 Å². The van der Waals surface area contributed by atoms with E-state index in [0.29, 0.717) is 0 Å². The fourth-order valence-corrected chi connectivity index (χ4v) is 2.03. The SMILES string of the molecule is CN1CCN(C)[C]1=[Ru+].[CH2-]c1ccccc1OC(C)C. The zero-order valence-corrected chi connectivity index (χ0v) is 13.9. The van der Waals surface area contributed by atoms with E-state index in [-0.39, 0.29) is 6.10 Å². The summed E-state index contributed by atoms with van der Waals surface area (Å²) in [5.41, 5.74) is 0.946. The van der Waals surface area contributed by atoms with Crippen LogP contribution in [0.5, 0.6) is 5.75 Å². The zero-order chi connectivity index (χ0) is 14.4. The maximum Gasteiger partial charge on any atom is 0.0767 e. The van der Waals surface area contributed by atoms with Crippen molar-refractivity contribution in [3.63, 3.8) is 0 Å². The van der Waals surface area contributed by atoms with E-state index in [0.717, 1.165) is 11.3 Å². The van der Waals surface area contributed by atoms with Crippen LogP contribution in [0.2, 0.25) is 0 Å². The van der Waals surface area contributed by atoms with Crippen molar-refractivity contribution in [2.24, 2.45) is 0 Å². The summed E-state index contributed by atoms with van der Waals surface area (Å²) in [7, 11) is 4.21. The number of hydrogen-bond acceptors (Lipinski definition) is 3. The van der Waals surface area contributed by atoms with Gasteiger partial charge in [0.1, 0.15) is 0 Å². The number of likely N-dealkylation sites (N-methyl/N-ethyl adjacent to an activating group) is 2. The minimum absolute atomic E-state index is 0.220. The standard InChI is InChI=1S/C10H13O.C5H10N2.Ru/c1-8(2)11-10-7-5-4-6-9(10)3;1-6-3-4-7(2)5-6;/h4-8H,3H2,1-2H3;3-4H2,1-2H3;/q-1;;+1. The predicted molar refractivity (Wildman–Crippen MR) is 76.9 cm³/mol. The molecule has 1 aromatic rings. The number of para-hydroxylation sites is 1. The first kappa shape index (κ1) is 16.4. The Morgan fingerprint density at radius 2 is 1.68 bits per heavy atom. The predicted octanol–water partition coefficient (Wildman–Crippen LogP) is 2.15. The molecule has 0 aliphatic carbocycles. The topological polar surface area (TPSA) is 15.7 Å². The van der Waals surface area contributed by atoms with Gasteiger partial charge in [-0.2, -0.15) is 18.6 Å². The summed E-state index contributed by atoms with van der Waals surface area (Å²) in [6.45, 7) is 10.2. The van der Waals surface area contributed by atoms with E-state index in [4.69, 9.17) is 4.74 Å². The summed E-state index contributed by atoms with van der Waals surface area (Å²) >= 11 is 2.63. The van der Waals surface area contributed by atoms with E-state index in [2.05, 4.69) is 48.7 Å². The summed E-state index contributed by atoms with van der Waals surface area (Å²) in [5, 5.41) is 0. The van der Waals surface area contributed by atoms with Crippen molar-refractivity contribution < 1.29 is 22.6 Å². The molecule has 0 aromatic heterocycles. The molecule has 1 saturated heterocycles. The summed E-state index contributed by atoms with van der Waals surface area (Å²) in [4.78, 5) is 4.47. The summed E-state index contributed by atoms with van der Waals surface area (Å²) in [6.07, 6.45) is 0.220. The minimum Gasteiger partial charge on any atom is -0.548 e. The van der Waals surface area contributed by atoms with Crippen LogP contribution < -0.4 is 4.74 Å². The van der Waals surface area contributed by atoms with Gasteiger partial charge in [0.15, 0.2) is 0 Å². The molecule has 1 fully saturated rings. The van der Waals surface area contributed by atoms with Crippen LogP contribution in [0.4, 0.5) is 0 Å².